The fourth-order valence-corrected chi connectivity index (χ4v) is 3.45. The number of thiocarbonyl (C=S) groups is 1. The molecule has 0 radical (unpaired) electrons. The molecule has 7 heteroatoms. The molecule has 1 amide bonds. The number of nitro groups is 1. The van der Waals surface area contributed by atoms with Crippen LogP contribution in [0.15, 0.2) is 42.1 Å². The van der Waals surface area contributed by atoms with E-state index < -0.39 is 4.92 Å². The van der Waals surface area contributed by atoms with Gasteiger partial charge in [-0.3, -0.25) is 19.8 Å². The van der Waals surface area contributed by atoms with Crippen molar-refractivity contribution in [2.45, 2.75) is 27.2 Å². The highest BCUT2D eigenvalue weighted by Crippen LogP contribution is 2.26. The molecule has 2 aromatic rings. The SMILES string of the molecule is CCc1ccc(/C=C2\NC(=S)N(c3cc(C)cc(C)c3)C2=O)cc1[N+](=O)[O-]. The minimum Gasteiger partial charge on any atom is -0.327 e. The number of anilines is 1. The molecule has 3 rings (SSSR count). The topological polar surface area (TPSA) is 75.5 Å². The number of nitrogens with one attached hydrogen (secondary N) is 1. The lowest BCUT2D eigenvalue weighted by Gasteiger charge is -2.15. The lowest BCUT2D eigenvalue weighted by molar-refractivity contribution is -0.385. The summed E-state index contributed by atoms with van der Waals surface area (Å²) in [6.45, 7) is 5.78. The summed E-state index contributed by atoms with van der Waals surface area (Å²) in [4.78, 5) is 25.2. The quantitative estimate of drug-likeness (QED) is 0.374. The van der Waals surface area contributed by atoms with Crippen molar-refractivity contribution in [3.63, 3.8) is 0 Å². The number of rotatable bonds is 4. The highest BCUT2D eigenvalue weighted by Gasteiger charge is 2.32. The van der Waals surface area contributed by atoms with Crippen LogP contribution in [0.4, 0.5) is 11.4 Å². The number of benzene rings is 2. The van der Waals surface area contributed by atoms with Crippen LogP contribution in [-0.2, 0) is 11.2 Å². The summed E-state index contributed by atoms with van der Waals surface area (Å²) in [6, 6.07) is 10.8. The number of carbonyl (C=O) groups excluding carboxylic acids is 1. The van der Waals surface area contributed by atoms with E-state index in [0.717, 1.165) is 11.1 Å². The Kier molecular flexibility index (Phi) is 5.05. The first-order chi connectivity index (χ1) is 12.8. The predicted octanol–water partition coefficient (Wildman–Crippen LogP) is 4.04. The Labute approximate surface area is 162 Å². The molecule has 2 aromatic carbocycles. The average Bonchev–Trinajstić information content (AvgIpc) is 2.87. The van der Waals surface area contributed by atoms with E-state index in [1.165, 1.54) is 11.0 Å². The molecule has 0 aliphatic carbocycles. The van der Waals surface area contributed by atoms with E-state index in [1.54, 1.807) is 18.2 Å². The van der Waals surface area contributed by atoms with Crippen molar-refractivity contribution < 1.29 is 9.72 Å². The Morgan fingerprint density at radius 2 is 1.85 bits per heavy atom. The van der Waals surface area contributed by atoms with Crippen LogP contribution in [0.1, 0.15) is 29.2 Å². The van der Waals surface area contributed by atoms with Crippen molar-refractivity contribution in [1.29, 1.82) is 0 Å². The van der Waals surface area contributed by atoms with Crippen molar-refractivity contribution >= 4 is 40.7 Å². The summed E-state index contributed by atoms with van der Waals surface area (Å²) >= 11 is 5.33. The lowest BCUT2D eigenvalue weighted by Crippen LogP contribution is -2.30. The third-order valence-corrected chi connectivity index (χ3v) is 4.63. The molecule has 0 spiro atoms. The van der Waals surface area contributed by atoms with Crippen molar-refractivity contribution in [2.24, 2.45) is 0 Å². The average molecular weight is 381 g/mol. The van der Waals surface area contributed by atoms with Crippen LogP contribution in [-0.4, -0.2) is 15.9 Å². The monoisotopic (exact) mass is 381 g/mol. The van der Waals surface area contributed by atoms with Crippen LogP contribution < -0.4 is 10.2 Å². The van der Waals surface area contributed by atoms with Gasteiger partial charge in [0, 0.05) is 11.6 Å². The van der Waals surface area contributed by atoms with E-state index >= 15 is 0 Å². The molecule has 138 valence electrons. The first kappa shape index (κ1) is 18.7. The molecule has 1 aliphatic rings. The predicted molar refractivity (Wildman–Crippen MR) is 110 cm³/mol. The number of hydrogen-bond acceptors (Lipinski definition) is 4. The zero-order chi connectivity index (χ0) is 19.7. The molecule has 0 aromatic heterocycles. The molecular formula is C20H19N3O3S. The van der Waals surface area contributed by atoms with Gasteiger partial charge in [0.2, 0.25) is 0 Å². The minimum atomic E-state index is -0.406. The lowest BCUT2D eigenvalue weighted by atomic mass is 10.1. The van der Waals surface area contributed by atoms with Gasteiger partial charge in [0.1, 0.15) is 5.70 Å². The maximum Gasteiger partial charge on any atom is 0.281 e. The molecule has 1 fully saturated rings. The minimum absolute atomic E-state index is 0.0473. The van der Waals surface area contributed by atoms with Gasteiger partial charge < -0.3 is 5.32 Å². The summed E-state index contributed by atoms with van der Waals surface area (Å²) in [5, 5.41) is 14.5. The molecule has 0 atom stereocenters. The van der Waals surface area contributed by atoms with Gasteiger partial charge >= 0.3 is 0 Å². The third kappa shape index (κ3) is 3.73. The number of nitro benzene ring substituents is 1. The molecular weight excluding hydrogens is 362 g/mol. The first-order valence-corrected chi connectivity index (χ1v) is 8.93. The standard InChI is InChI=1S/C20H19N3O3S/c1-4-15-6-5-14(11-18(15)23(25)26)10-17-19(24)22(20(27)21-17)16-8-12(2)7-13(3)9-16/h5-11H,4H2,1-3H3,(H,21,27)/b17-10-. The normalized spacial score (nSPS) is 15.4. The van der Waals surface area contributed by atoms with Crippen LogP contribution >= 0.6 is 12.2 Å². The Hall–Kier alpha value is -3.06. The molecule has 1 heterocycles. The Morgan fingerprint density at radius 1 is 1.19 bits per heavy atom. The highest BCUT2D eigenvalue weighted by atomic mass is 32.1. The fourth-order valence-electron chi connectivity index (χ4n) is 3.16. The van der Waals surface area contributed by atoms with Crippen LogP contribution in [0.2, 0.25) is 0 Å². The third-order valence-electron chi connectivity index (χ3n) is 4.34. The Balaban J connectivity index is 1.97. The van der Waals surface area contributed by atoms with Gasteiger partial charge in [-0.15, -0.1) is 0 Å². The van der Waals surface area contributed by atoms with Crippen LogP contribution in [0, 0.1) is 24.0 Å². The highest BCUT2D eigenvalue weighted by molar-refractivity contribution is 7.80. The smallest absolute Gasteiger partial charge is 0.281 e. The van der Waals surface area contributed by atoms with Crippen LogP contribution in [0.5, 0.6) is 0 Å². The summed E-state index contributed by atoms with van der Waals surface area (Å²) in [5.41, 5.74) is 4.32. The van der Waals surface area contributed by atoms with Crippen molar-refractivity contribution in [2.75, 3.05) is 4.90 Å². The van der Waals surface area contributed by atoms with Gasteiger partial charge in [0.25, 0.3) is 11.6 Å². The molecule has 0 bridgehead atoms. The van der Waals surface area contributed by atoms with Crippen molar-refractivity contribution in [3.05, 3.63) is 74.5 Å². The second-order valence-electron chi connectivity index (χ2n) is 6.47. The fraction of sp³-hybridized carbons (Fsp3) is 0.200. The van der Waals surface area contributed by atoms with Gasteiger partial charge in [-0.1, -0.05) is 25.1 Å². The van der Waals surface area contributed by atoms with Crippen molar-refractivity contribution in [3.8, 4) is 0 Å². The van der Waals surface area contributed by atoms with E-state index in [0.29, 0.717) is 23.2 Å². The van der Waals surface area contributed by atoms with Gasteiger partial charge in [0.15, 0.2) is 5.11 Å². The molecule has 1 saturated heterocycles. The van der Waals surface area contributed by atoms with E-state index in [1.807, 2.05) is 39.0 Å². The number of amides is 1. The second-order valence-corrected chi connectivity index (χ2v) is 6.86. The van der Waals surface area contributed by atoms with E-state index in [2.05, 4.69) is 5.32 Å². The maximum atomic E-state index is 12.9. The largest absolute Gasteiger partial charge is 0.327 e. The molecule has 1 N–H and O–H groups in total. The van der Waals surface area contributed by atoms with Gasteiger partial charge in [-0.25, -0.2) is 0 Å². The second kappa shape index (κ2) is 7.28. The molecule has 6 nitrogen and oxygen atoms in total. The summed E-state index contributed by atoms with van der Waals surface area (Å²) in [6.07, 6.45) is 2.15. The Bertz CT molecular complexity index is 978. The van der Waals surface area contributed by atoms with Crippen LogP contribution in [0.25, 0.3) is 6.08 Å². The zero-order valence-electron chi connectivity index (χ0n) is 15.3. The van der Waals surface area contributed by atoms with Gasteiger partial charge in [-0.2, -0.15) is 0 Å². The summed E-state index contributed by atoms with van der Waals surface area (Å²) in [5.74, 6) is -0.285. The van der Waals surface area contributed by atoms with E-state index in [-0.39, 0.29) is 22.4 Å². The molecule has 0 unspecified atom stereocenters. The first-order valence-electron chi connectivity index (χ1n) is 8.53. The molecule has 0 saturated carbocycles. The van der Waals surface area contributed by atoms with Gasteiger partial charge in [-0.05, 0) is 67.4 Å². The zero-order valence-corrected chi connectivity index (χ0v) is 16.1. The number of nitrogens with zero attached hydrogens (tertiary/aromatic N) is 2. The number of hydrogen-bond donors (Lipinski definition) is 1. The molecule has 1 aliphatic heterocycles. The van der Waals surface area contributed by atoms with Crippen molar-refractivity contribution in [1.82, 2.24) is 5.32 Å². The number of carbonyl (C=O) groups is 1. The maximum absolute atomic E-state index is 12.9. The number of aryl methyl sites for hydroxylation is 3. The Morgan fingerprint density at radius 3 is 2.44 bits per heavy atom. The van der Waals surface area contributed by atoms with Gasteiger partial charge in [0.05, 0.1) is 10.6 Å². The van der Waals surface area contributed by atoms with E-state index in [9.17, 15) is 14.9 Å². The van der Waals surface area contributed by atoms with Crippen LogP contribution in [0.3, 0.4) is 0 Å². The molecule has 27 heavy (non-hydrogen) atoms. The van der Waals surface area contributed by atoms with E-state index in [4.69, 9.17) is 12.2 Å². The summed E-state index contributed by atoms with van der Waals surface area (Å²) in [7, 11) is 0. The summed E-state index contributed by atoms with van der Waals surface area (Å²) < 4.78 is 0.